The van der Waals surface area contributed by atoms with Crippen LogP contribution in [-0.2, 0) is 9.53 Å². The topological polar surface area (TPSA) is 170 Å². The molecule has 17 heteroatoms. The van der Waals surface area contributed by atoms with Crippen molar-refractivity contribution in [3.05, 3.63) is 40.3 Å². The van der Waals surface area contributed by atoms with E-state index in [-0.39, 0.29) is 42.5 Å². The Labute approximate surface area is 253 Å². The number of halogens is 3. The van der Waals surface area contributed by atoms with E-state index in [1.807, 2.05) is 4.90 Å². The number of fused-ring (bicyclic) bond motifs is 2. The number of morpholine rings is 1. The number of aromatic amines is 1. The molecule has 1 aliphatic heterocycles. The van der Waals surface area contributed by atoms with Gasteiger partial charge in [0.1, 0.15) is 12.0 Å². The zero-order chi connectivity index (χ0) is 32.3. The number of alkyl halides is 3. The highest BCUT2D eigenvalue weighted by Crippen LogP contribution is 2.36. The fourth-order valence-electron chi connectivity index (χ4n) is 4.76. The molecule has 3 heterocycles. The number of hydrogen-bond donors (Lipinski definition) is 3. The second-order valence-electron chi connectivity index (χ2n) is 9.90. The van der Waals surface area contributed by atoms with Crippen molar-refractivity contribution in [3.63, 3.8) is 0 Å². The second-order valence-corrected chi connectivity index (χ2v) is 9.90. The van der Waals surface area contributed by atoms with Crippen molar-refractivity contribution in [1.29, 1.82) is 0 Å². The number of nitrogens with one attached hydrogen (secondary N) is 2. The highest BCUT2D eigenvalue weighted by Gasteiger charge is 2.42. The number of benzene rings is 2. The number of aliphatic hydroxyl groups is 1. The maximum atomic E-state index is 13.2. The lowest BCUT2D eigenvalue weighted by atomic mass is 10.1. The van der Waals surface area contributed by atoms with Crippen molar-refractivity contribution in [2.24, 2.45) is 0 Å². The Balaban J connectivity index is 1.45. The minimum atomic E-state index is -5.34. The summed E-state index contributed by atoms with van der Waals surface area (Å²) >= 11 is 0. The minimum absolute atomic E-state index is 0.0273. The molecule has 2 aromatic carbocycles. The van der Waals surface area contributed by atoms with Crippen molar-refractivity contribution in [2.45, 2.75) is 19.2 Å². The molecular weight excluding hydrogens is 605 g/mol. The predicted molar refractivity (Wildman–Crippen MR) is 153 cm³/mol. The van der Waals surface area contributed by atoms with Gasteiger partial charge in [0.25, 0.3) is 5.56 Å². The van der Waals surface area contributed by atoms with Gasteiger partial charge in [0.05, 0.1) is 50.3 Å². The lowest BCUT2D eigenvalue weighted by molar-refractivity contribution is -0.189. The molecule has 0 aliphatic carbocycles. The van der Waals surface area contributed by atoms with E-state index < -0.39 is 28.8 Å². The van der Waals surface area contributed by atoms with E-state index in [0.717, 1.165) is 0 Å². The molecule has 14 nitrogen and oxygen atoms in total. The number of rotatable bonds is 10. The van der Waals surface area contributed by atoms with E-state index in [1.54, 1.807) is 19.1 Å². The summed E-state index contributed by atoms with van der Waals surface area (Å²) < 4.78 is 65.9. The molecule has 5 rings (SSSR count). The van der Waals surface area contributed by atoms with Crippen LogP contribution in [0.1, 0.15) is 5.69 Å². The van der Waals surface area contributed by atoms with Crippen LogP contribution >= 0.6 is 0 Å². The first kappa shape index (κ1) is 31.7. The number of anilines is 2. The van der Waals surface area contributed by atoms with E-state index in [4.69, 9.17) is 18.9 Å². The number of H-pyrrole nitrogens is 1. The van der Waals surface area contributed by atoms with E-state index in [0.29, 0.717) is 54.3 Å². The van der Waals surface area contributed by atoms with Crippen LogP contribution < -0.4 is 29.8 Å². The molecule has 0 radical (unpaired) electrons. The Morgan fingerprint density at radius 3 is 2.60 bits per heavy atom. The normalized spacial score (nSPS) is 15.7. The average Bonchev–Trinajstić information content (AvgIpc) is 3.00. The number of esters is 1. The molecule has 0 bridgehead atoms. The largest absolute Gasteiger partial charge is 0.493 e. The zero-order valence-corrected chi connectivity index (χ0v) is 24.4. The third kappa shape index (κ3) is 7.00. The summed E-state index contributed by atoms with van der Waals surface area (Å²) in [6.45, 7) is 3.24. The van der Waals surface area contributed by atoms with Gasteiger partial charge in [-0.2, -0.15) is 13.2 Å². The van der Waals surface area contributed by atoms with Crippen LogP contribution in [0.3, 0.4) is 0 Å². The van der Waals surface area contributed by atoms with Crippen molar-refractivity contribution in [1.82, 2.24) is 24.8 Å². The van der Waals surface area contributed by atoms with Gasteiger partial charge in [-0.05, 0) is 25.1 Å². The molecule has 2 aromatic heterocycles. The first-order valence-corrected chi connectivity index (χ1v) is 13.6. The van der Waals surface area contributed by atoms with Crippen molar-refractivity contribution in [3.8, 4) is 23.0 Å². The maximum absolute atomic E-state index is 13.2. The van der Waals surface area contributed by atoms with Gasteiger partial charge in [0, 0.05) is 31.1 Å². The second kappa shape index (κ2) is 13.1. The van der Waals surface area contributed by atoms with E-state index in [9.17, 15) is 27.9 Å². The molecular formula is C28H29F3N6O8. The third-order valence-electron chi connectivity index (χ3n) is 6.93. The molecule has 0 saturated carbocycles. The van der Waals surface area contributed by atoms with Gasteiger partial charge in [-0.25, -0.2) is 19.7 Å². The van der Waals surface area contributed by atoms with Gasteiger partial charge in [-0.3, -0.25) is 20.0 Å². The molecule has 0 amide bonds. The Hall–Kier alpha value is -4.74. The van der Waals surface area contributed by atoms with Gasteiger partial charge in [-0.15, -0.1) is 0 Å². The predicted octanol–water partition coefficient (Wildman–Crippen LogP) is 2.48. The molecule has 45 heavy (non-hydrogen) atoms. The molecule has 0 spiro atoms. The van der Waals surface area contributed by atoms with Crippen LogP contribution in [0.25, 0.3) is 21.8 Å². The van der Waals surface area contributed by atoms with Gasteiger partial charge in [-0.1, -0.05) is 0 Å². The van der Waals surface area contributed by atoms with Gasteiger partial charge in [0.2, 0.25) is 11.9 Å². The Morgan fingerprint density at radius 1 is 1.13 bits per heavy atom. The third-order valence-corrected chi connectivity index (χ3v) is 6.93. The van der Waals surface area contributed by atoms with Crippen molar-refractivity contribution in [2.75, 3.05) is 59.0 Å². The minimum Gasteiger partial charge on any atom is -0.493 e. The van der Waals surface area contributed by atoms with Gasteiger partial charge >= 0.3 is 12.1 Å². The summed E-state index contributed by atoms with van der Waals surface area (Å²) in [5.74, 6) is -2.68. The number of aromatic nitrogens is 4. The molecule has 3 N–H and O–H groups in total. The quantitative estimate of drug-likeness (QED) is 0.172. The van der Waals surface area contributed by atoms with Crippen LogP contribution in [0, 0.1) is 6.92 Å². The fraction of sp³-hybridized carbons (Fsp3) is 0.393. The molecule has 4 aromatic rings. The van der Waals surface area contributed by atoms with E-state index in [1.165, 1.54) is 26.4 Å². The first-order chi connectivity index (χ1) is 21.5. The smallest absolute Gasteiger partial charge is 0.491 e. The van der Waals surface area contributed by atoms with Crippen LogP contribution in [0.5, 0.6) is 23.0 Å². The summed E-state index contributed by atoms with van der Waals surface area (Å²) in [5.41, 5.74) is 0.0545. The highest BCUT2D eigenvalue weighted by molar-refractivity contribution is 5.91. The van der Waals surface area contributed by atoms with Crippen LogP contribution in [0.15, 0.2) is 29.1 Å². The molecule has 1 fully saturated rings. The SMILES string of the molecule is COc1cc2nc(Nc3nc4ccc(OCCN5CCOC(CO)C5)c(OC(=O)C(F)(F)F)c4c(=O)[nH]3)nc(C)c2cc1OC. The maximum Gasteiger partial charge on any atom is 0.491 e. The molecule has 1 saturated heterocycles. The Morgan fingerprint density at radius 2 is 1.89 bits per heavy atom. The van der Waals surface area contributed by atoms with Gasteiger partial charge < -0.3 is 28.8 Å². The molecule has 1 aliphatic rings. The van der Waals surface area contributed by atoms with E-state index >= 15 is 0 Å². The van der Waals surface area contributed by atoms with Crippen molar-refractivity contribution >= 4 is 39.7 Å². The average molecular weight is 635 g/mol. The summed E-state index contributed by atoms with van der Waals surface area (Å²) in [7, 11) is 2.98. The van der Waals surface area contributed by atoms with Crippen molar-refractivity contribution < 1.29 is 46.8 Å². The number of carbonyl (C=O) groups excluding carboxylic acids is 1. The lowest BCUT2D eigenvalue weighted by Gasteiger charge is -2.31. The number of carbonyl (C=O) groups is 1. The number of ether oxygens (including phenoxy) is 5. The van der Waals surface area contributed by atoms with Crippen LogP contribution in [0.2, 0.25) is 0 Å². The number of aliphatic hydroxyl groups excluding tert-OH is 1. The lowest BCUT2D eigenvalue weighted by Crippen LogP contribution is -2.45. The molecule has 1 atom stereocenters. The standard InChI is InChI=1S/C28H29F3N6O8/c1-14-16-10-20(41-2)21(42-3)11-18(16)34-26(32-14)36-27-33-17-4-5-19(44-9-7-37-6-8-43-15(12-37)13-38)23(22(17)24(39)35-27)45-25(40)28(29,30)31/h4-5,10-11,15,38H,6-9,12-13H2,1-3H3,(H2,32,33,34,35,36,39). The van der Waals surface area contributed by atoms with Gasteiger partial charge in [0.15, 0.2) is 23.0 Å². The summed E-state index contributed by atoms with van der Waals surface area (Å²) in [6, 6.07) is 5.97. The Kier molecular flexibility index (Phi) is 9.21. The molecule has 1 unspecified atom stereocenters. The first-order valence-electron chi connectivity index (χ1n) is 13.6. The number of nitrogens with zero attached hydrogens (tertiary/aromatic N) is 4. The van der Waals surface area contributed by atoms with E-state index in [2.05, 4.69) is 30.0 Å². The molecule has 240 valence electrons. The highest BCUT2D eigenvalue weighted by atomic mass is 19.4. The summed E-state index contributed by atoms with van der Waals surface area (Å²) in [6.07, 6.45) is -5.71. The summed E-state index contributed by atoms with van der Waals surface area (Å²) in [4.78, 5) is 42.6. The number of hydrogen-bond acceptors (Lipinski definition) is 13. The fourth-order valence-corrected chi connectivity index (χ4v) is 4.76. The summed E-state index contributed by atoms with van der Waals surface area (Å²) in [5, 5.41) is 12.4. The number of methoxy groups -OCH3 is 2. The van der Waals surface area contributed by atoms with Crippen LogP contribution in [-0.4, -0.2) is 102 Å². The van der Waals surface area contributed by atoms with Crippen LogP contribution in [0.4, 0.5) is 25.1 Å². The number of aryl methyl sites for hydroxylation is 1. The monoisotopic (exact) mass is 634 g/mol. The zero-order valence-electron chi connectivity index (χ0n) is 24.4. The Bertz CT molecular complexity index is 1780.